The fourth-order valence-corrected chi connectivity index (χ4v) is 4.37. The zero-order chi connectivity index (χ0) is 21.4. The second-order valence-corrected chi connectivity index (χ2v) is 8.96. The molecule has 2 rings (SSSR count). The molecule has 0 radical (unpaired) electrons. The van der Waals surface area contributed by atoms with Gasteiger partial charge in [0, 0.05) is 25.8 Å². The van der Waals surface area contributed by atoms with Gasteiger partial charge in [-0.15, -0.1) is 0 Å². The first-order valence-electron chi connectivity index (χ1n) is 9.70. The van der Waals surface area contributed by atoms with E-state index in [4.69, 9.17) is 4.74 Å². The third-order valence-electron chi connectivity index (χ3n) is 4.64. The van der Waals surface area contributed by atoms with Crippen LogP contribution >= 0.6 is 0 Å². The summed E-state index contributed by atoms with van der Waals surface area (Å²) >= 11 is 0. The maximum Gasteiger partial charge on any atom is 0.232 e. The second-order valence-electron chi connectivity index (χ2n) is 7.06. The van der Waals surface area contributed by atoms with Crippen LogP contribution in [-0.4, -0.2) is 34.2 Å². The molecule has 6 nitrogen and oxygen atoms in total. The van der Waals surface area contributed by atoms with Crippen molar-refractivity contribution >= 4 is 27.3 Å². The van der Waals surface area contributed by atoms with Crippen molar-refractivity contribution in [1.82, 2.24) is 0 Å². The van der Waals surface area contributed by atoms with E-state index in [-0.39, 0.29) is 18.9 Å². The van der Waals surface area contributed by atoms with Crippen molar-refractivity contribution < 1.29 is 17.9 Å². The van der Waals surface area contributed by atoms with E-state index >= 15 is 0 Å². The highest BCUT2D eigenvalue weighted by Crippen LogP contribution is 2.28. The van der Waals surface area contributed by atoms with Gasteiger partial charge in [-0.05, 0) is 48.6 Å². The summed E-state index contributed by atoms with van der Waals surface area (Å²) in [6, 6.07) is 13.3. The molecule has 0 bridgehead atoms. The molecule has 0 unspecified atom stereocenters. The number of amides is 1. The van der Waals surface area contributed by atoms with Crippen LogP contribution in [-0.2, 0) is 32.6 Å². The number of methoxy groups -OCH3 is 1. The number of ether oxygens (including phenoxy) is 1. The van der Waals surface area contributed by atoms with Gasteiger partial charge in [0.25, 0.3) is 0 Å². The molecular weight excluding hydrogens is 388 g/mol. The molecule has 2 aromatic carbocycles. The number of sulfonamides is 1. The summed E-state index contributed by atoms with van der Waals surface area (Å²) in [5.41, 5.74) is 4.30. The fraction of sp³-hybridized carbons (Fsp3) is 0.409. The van der Waals surface area contributed by atoms with Crippen molar-refractivity contribution in [2.45, 2.75) is 39.7 Å². The fourth-order valence-electron chi connectivity index (χ4n) is 3.32. The molecule has 0 aliphatic rings. The van der Waals surface area contributed by atoms with Gasteiger partial charge in [-0.2, -0.15) is 0 Å². The normalized spacial score (nSPS) is 11.3. The van der Waals surface area contributed by atoms with E-state index in [1.165, 1.54) is 10.6 Å². The average Bonchev–Trinajstić information content (AvgIpc) is 2.65. The van der Waals surface area contributed by atoms with E-state index in [9.17, 15) is 13.2 Å². The highest BCUT2D eigenvalue weighted by Gasteiger charge is 2.21. The second kappa shape index (κ2) is 10.4. The summed E-state index contributed by atoms with van der Waals surface area (Å²) in [6.07, 6.45) is 2.60. The van der Waals surface area contributed by atoms with Crippen molar-refractivity contribution in [2.24, 2.45) is 0 Å². The number of anilines is 2. The lowest BCUT2D eigenvalue weighted by Crippen LogP contribution is -2.33. The first-order valence-corrected chi connectivity index (χ1v) is 11.5. The molecule has 0 aliphatic heterocycles. The molecule has 1 N–H and O–H groups in total. The Morgan fingerprint density at radius 1 is 1.17 bits per heavy atom. The Kier molecular flexibility index (Phi) is 8.22. The van der Waals surface area contributed by atoms with Crippen LogP contribution in [0.25, 0.3) is 0 Å². The Labute approximate surface area is 173 Å². The van der Waals surface area contributed by atoms with Crippen LogP contribution < -0.4 is 9.62 Å². The SMILES string of the molecule is CCc1cccc(C)c1N(CCCC(=O)Nc1cccc(COC)c1)S(C)(=O)=O. The highest BCUT2D eigenvalue weighted by molar-refractivity contribution is 7.92. The quantitative estimate of drug-likeness (QED) is 0.635. The Morgan fingerprint density at radius 2 is 1.90 bits per heavy atom. The van der Waals surface area contributed by atoms with E-state index in [2.05, 4.69) is 5.32 Å². The predicted molar refractivity (Wildman–Crippen MR) is 118 cm³/mol. The summed E-state index contributed by atoms with van der Waals surface area (Å²) in [4.78, 5) is 12.3. The Hall–Kier alpha value is -2.38. The number of carbonyl (C=O) groups excluding carboxylic acids is 1. The molecule has 1 amide bonds. The van der Waals surface area contributed by atoms with Crippen LogP contribution in [0.5, 0.6) is 0 Å². The lowest BCUT2D eigenvalue weighted by Gasteiger charge is -2.26. The van der Waals surface area contributed by atoms with E-state index in [0.29, 0.717) is 18.7 Å². The van der Waals surface area contributed by atoms with Crippen LogP contribution in [0.15, 0.2) is 42.5 Å². The number of rotatable bonds is 10. The van der Waals surface area contributed by atoms with Crippen LogP contribution in [0.4, 0.5) is 11.4 Å². The van der Waals surface area contributed by atoms with Gasteiger partial charge >= 0.3 is 0 Å². The minimum absolute atomic E-state index is 0.145. The van der Waals surface area contributed by atoms with Crippen molar-refractivity contribution in [3.8, 4) is 0 Å². The molecule has 0 fully saturated rings. The predicted octanol–water partition coefficient (Wildman–Crippen LogP) is 3.89. The van der Waals surface area contributed by atoms with Gasteiger partial charge in [0.2, 0.25) is 15.9 Å². The standard InChI is InChI=1S/C22H30N2O4S/c1-5-19-11-6-9-17(2)22(19)24(29(4,26)27)14-8-13-21(25)23-20-12-7-10-18(15-20)16-28-3/h6-7,9-12,15H,5,8,13-14,16H2,1-4H3,(H,23,25). The molecule has 7 heteroatoms. The molecule has 0 saturated heterocycles. The molecule has 0 aliphatic carbocycles. The van der Waals surface area contributed by atoms with Crippen LogP contribution in [0.1, 0.15) is 36.5 Å². The average molecular weight is 419 g/mol. The van der Waals surface area contributed by atoms with Crippen LogP contribution in [0.3, 0.4) is 0 Å². The molecule has 0 spiro atoms. The zero-order valence-corrected chi connectivity index (χ0v) is 18.4. The summed E-state index contributed by atoms with van der Waals surface area (Å²) in [6.45, 7) is 4.65. The number of hydrogen-bond acceptors (Lipinski definition) is 4. The monoisotopic (exact) mass is 418 g/mol. The van der Waals surface area contributed by atoms with Crippen molar-refractivity contribution in [3.63, 3.8) is 0 Å². The molecule has 2 aromatic rings. The van der Waals surface area contributed by atoms with E-state index in [1.807, 2.05) is 56.3 Å². The number of hydrogen-bond donors (Lipinski definition) is 1. The minimum Gasteiger partial charge on any atom is -0.380 e. The van der Waals surface area contributed by atoms with Crippen molar-refractivity contribution in [3.05, 3.63) is 59.2 Å². The molecule has 0 saturated carbocycles. The first-order chi connectivity index (χ1) is 13.8. The van der Waals surface area contributed by atoms with Gasteiger partial charge in [-0.3, -0.25) is 9.10 Å². The molecule has 0 atom stereocenters. The number of nitrogens with one attached hydrogen (secondary N) is 1. The smallest absolute Gasteiger partial charge is 0.232 e. The van der Waals surface area contributed by atoms with Gasteiger partial charge in [-0.1, -0.05) is 37.3 Å². The van der Waals surface area contributed by atoms with Crippen LogP contribution in [0.2, 0.25) is 0 Å². The number of carbonyl (C=O) groups is 1. The molecule has 0 heterocycles. The topological polar surface area (TPSA) is 75.7 Å². The molecular formula is C22H30N2O4S. The van der Waals surface area contributed by atoms with Gasteiger partial charge in [0.15, 0.2) is 0 Å². The largest absolute Gasteiger partial charge is 0.380 e. The third-order valence-corrected chi connectivity index (χ3v) is 5.80. The number of nitrogens with zero attached hydrogens (tertiary/aromatic N) is 1. The molecule has 0 aromatic heterocycles. The summed E-state index contributed by atoms with van der Waals surface area (Å²) in [5, 5.41) is 2.86. The van der Waals surface area contributed by atoms with E-state index in [0.717, 1.165) is 28.8 Å². The Bertz CT molecular complexity index is 942. The number of benzene rings is 2. The third kappa shape index (κ3) is 6.58. The Morgan fingerprint density at radius 3 is 2.55 bits per heavy atom. The minimum atomic E-state index is -3.45. The number of aryl methyl sites for hydroxylation is 2. The van der Waals surface area contributed by atoms with Gasteiger partial charge in [0.1, 0.15) is 0 Å². The van der Waals surface area contributed by atoms with Gasteiger partial charge in [-0.25, -0.2) is 8.42 Å². The summed E-state index contributed by atoms with van der Waals surface area (Å²) < 4.78 is 31.4. The van der Waals surface area contributed by atoms with E-state index in [1.54, 1.807) is 7.11 Å². The lowest BCUT2D eigenvalue weighted by molar-refractivity contribution is -0.116. The lowest BCUT2D eigenvalue weighted by atomic mass is 10.1. The van der Waals surface area contributed by atoms with Gasteiger partial charge in [0.05, 0.1) is 18.6 Å². The van der Waals surface area contributed by atoms with Gasteiger partial charge < -0.3 is 10.1 Å². The van der Waals surface area contributed by atoms with Crippen molar-refractivity contribution in [2.75, 3.05) is 29.5 Å². The van der Waals surface area contributed by atoms with E-state index < -0.39 is 10.0 Å². The maximum absolute atomic E-state index is 12.4. The Balaban J connectivity index is 2.04. The maximum atomic E-state index is 12.4. The van der Waals surface area contributed by atoms with Crippen LogP contribution in [0, 0.1) is 6.92 Å². The molecule has 29 heavy (non-hydrogen) atoms. The summed E-state index contributed by atoms with van der Waals surface area (Å²) in [5.74, 6) is -0.145. The van der Waals surface area contributed by atoms with Crippen molar-refractivity contribution in [1.29, 1.82) is 0 Å². The highest BCUT2D eigenvalue weighted by atomic mass is 32.2. The first kappa shape index (κ1) is 22.9. The zero-order valence-electron chi connectivity index (χ0n) is 17.6. The summed E-state index contributed by atoms with van der Waals surface area (Å²) in [7, 11) is -1.83. The number of para-hydroxylation sites is 1. The molecule has 158 valence electrons.